The number of benzene rings is 1. The molecule has 0 saturated heterocycles. The van der Waals surface area contributed by atoms with Gasteiger partial charge in [0.05, 0.1) is 16.3 Å². The number of rotatable bonds is 1. The van der Waals surface area contributed by atoms with Crippen LogP contribution < -0.4 is 10.2 Å². The van der Waals surface area contributed by atoms with Gasteiger partial charge in [-0.2, -0.15) is 0 Å². The number of carboxylic acid groups (broad SMARTS) is 1. The van der Waals surface area contributed by atoms with Crippen molar-refractivity contribution in [1.29, 1.82) is 0 Å². The lowest BCUT2D eigenvalue weighted by Crippen LogP contribution is -2.26. The minimum absolute atomic E-state index is 0.0623. The van der Waals surface area contributed by atoms with Crippen molar-refractivity contribution in [3.05, 3.63) is 33.7 Å². The molecule has 9 heteroatoms. The highest BCUT2D eigenvalue weighted by Crippen LogP contribution is 2.49. The van der Waals surface area contributed by atoms with Crippen LogP contribution >= 0.6 is 11.8 Å². The first-order valence-corrected chi connectivity index (χ1v) is 6.54. The summed E-state index contributed by atoms with van der Waals surface area (Å²) < 4.78 is 46.2. The zero-order valence-corrected chi connectivity index (χ0v) is 11.1. The first kappa shape index (κ1) is 13.8. The average molecular weight is 317 g/mol. The maximum absolute atomic E-state index is 13.9. The van der Waals surface area contributed by atoms with E-state index in [0.29, 0.717) is 6.07 Å². The Balaban J connectivity index is 2.48. The Morgan fingerprint density at radius 2 is 2.05 bits per heavy atom. The molecule has 0 amide bonds. The van der Waals surface area contributed by atoms with Gasteiger partial charge in [-0.25, -0.2) is 18.0 Å². The van der Waals surface area contributed by atoms with E-state index in [-0.39, 0.29) is 10.4 Å². The highest BCUT2D eigenvalue weighted by molar-refractivity contribution is 8.00. The highest BCUT2D eigenvalue weighted by atomic mass is 32.2. The van der Waals surface area contributed by atoms with Gasteiger partial charge < -0.3 is 14.4 Å². The SMILES string of the molecule is CC1Sc2c(OC(=O)O)c(=O)c3cc(F)c(F)c(F)c3n21. The van der Waals surface area contributed by atoms with Crippen LogP contribution in [0.5, 0.6) is 5.75 Å². The van der Waals surface area contributed by atoms with E-state index in [2.05, 4.69) is 4.74 Å². The van der Waals surface area contributed by atoms with Crippen molar-refractivity contribution in [1.82, 2.24) is 4.57 Å². The molecule has 21 heavy (non-hydrogen) atoms. The molecule has 2 aromatic rings. The number of hydrogen-bond acceptors (Lipinski definition) is 4. The second-order valence-corrected chi connectivity index (χ2v) is 5.61. The van der Waals surface area contributed by atoms with Gasteiger partial charge in [0, 0.05) is 0 Å². The van der Waals surface area contributed by atoms with Crippen molar-refractivity contribution in [2.45, 2.75) is 17.3 Å². The summed E-state index contributed by atoms with van der Waals surface area (Å²) in [7, 11) is 0. The van der Waals surface area contributed by atoms with Crippen LogP contribution in [0.4, 0.5) is 18.0 Å². The third-order valence-electron chi connectivity index (χ3n) is 3.08. The summed E-state index contributed by atoms with van der Waals surface area (Å²) in [4.78, 5) is 22.7. The minimum Gasteiger partial charge on any atom is -0.449 e. The number of hydrogen-bond donors (Lipinski definition) is 1. The molecule has 110 valence electrons. The number of aromatic nitrogens is 1. The summed E-state index contributed by atoms with van der Waals surface area (Å²) in [6.07, 6.45) is -1.72. The molecule has 0 fully saturated rings. The largest absolute Gasteiger partial charge is 0.511 e. The van der Waals surface area contributed by atoms with Crippen molar-refractivity contribution in [3.63, 3.8) is 0 Å². The number of halogens is 3. The molecule has 3 rings (SSSR count). The van der Waals surface area contributed by atoms with E-state index in [4.69, 9.17) is 5.11 Å². The molecule has 0 bridgehead atoms. The van der Waals surface area contributed by atoms with E-state index in [1.165, 1.54) is 4.57 Å². The second kappa shape index (κ2) is 4.42. The average Bonchev–Trinajstić information content (AvgIpc) is 2.40. The lowest BCUT2D eigenvalue weighted by atomic mass is 10.1. The number of thioether (sulfide) groups is 1. The fraction of sp³-hybridized carbons (Fsp3) is 0.167. The van der Waals surface area contributed by atoms with E-state index in [0.717, 1.165) is 11.8 Å². The molecular weight excluding hydrogens is 311 g/mol. The number of nitrogens with zero attached hydrogens (tertiary/aromatic N) is 1. The van der Waals surface area contributed by atoms with Crippen molar-refractivity contribution in [3.8, 4) is 5.75 Å². The molecule has 1 atom stereocenters. The van der Waals surface area contributed by atoms with Crippen molar-refractivity contribution >= 4 is 28.8 Å². The third-order valence-corrected chi connectivity index (χ3v) is 4.23. The standard InChI is InChI=1S/C12H6F3NO4S/c1-3-16-8-4(2-5(13)6(14)7(8)15)9(17)10(11(16)21-3)20-12(18)19/h2-3H,1H3,(H,18,19). The predicted octanol–water partition coefficient (Wildman–Crippen LogP) is 3.10. The molecule has 0 aliphatic carbocycles. The van der Waals surface area contributed by atoms with Crippen molar-refractivity contribution < 1.29 is 27.8 Å². The van der Waals surface area contributed by atoms with Gasteiger partial charge in [-0.3, -0.25) is 4.79 Å². The van der Waals surface area contributed by atoms with Crippen molar-refractivity contribution in [2.24, 2.45) is 0 Å². The summed E-state index contributed by atoms with van der Waals surface area (Å²) in [5.41, 5.74) is -1.41. The van der Waals surface area contributed by atoms with Crippen LogP contribution in [0.2, 0.25) is 0 Å². The lowest BCUT2D eigenvalue weighted by Gasteiger charge is -2.32. The zero-order valence-electron chi connectivity index (χ0n) is 10.3. The van der Waals surface area contributed by atoms with E-state index in [1.807, 2.05) is 0 Å². The molecule has 5 nitrogen and oxygen atoms in total. The van der Waals surface area contributed by atoms with E-state index in [9.17, 15) is 22.8 Å². The first-order chi connectivity index (χ1) is 9.82. The summed E-state index contributed by atoms with van der Waals surface area (Å²) in [6, 6.07) is 0.535. The molecule has 1 aliphatic rings. The zero-order chi connectivity index (χ0) is 15.5. The fourth-order valence-electron chi connectivity index (χ4n) is 2.22. The molecule has 0 spiro atoms. The van der Waals surface area contributed by atoms with Gasteiger partial charge in [0.1, 0.15) is 5.03 Å². The normalized spacial score (nSPS) is 16.5. The Kier molecular flexibility index (Phi) is 2.90. The molecule has 0 saturated carbocycles. The Morgan fingerprint density at radius 3 is 2.62 bits per heavy atom. The lowest BCUT2D eigenvalue weighted by molar-refractivity contribution is 0.142. The van der Waals surface area contributed by atoms with Crippen LogP contribution in [-0.4, -0.2) is 15.8 Å². The second-order valence-electron chi connectivity index (χ2n) is 4.30. The van der Waals surface area contributed by atoms with Crippen LogP contribution in [0, 0.1) is 17.5 Å². The van der Waals surface area contributed by atoms with Gasteiger partial charge in [-0.15, -0.1) is 0 Å². The topological polar surface area (TPSA) is 68.5 Å². The van der Waals surface area contributed by atoms with Gasteiger partial charge >= 0.3 is 6.16 Å². The fourth-order valence-corrected chi connectivity index (χ4v) is 3.31. The number of fused-ring (bicyclic) bond motifs is 3. The summed E-state index contributed by atoms with van der Waals surface area (Å²) in [5, 5.41) is 7.85. The Bertz CT molecular complexity index is 864. The maximum Gasteiger partial charge on any atom is 0.511 e. The smallest absolute Gasteiger partial charge is 0.449 e. The third kappa shape index (κ3) is 1.80. The van der Waals surface area contributed by atoms with Gasteiger partial charge in [0.2, 0.25) is 11.2 Å². The molecule has 0 radical (unpaired) electrons. The summed E-state index contributed by atoms with van der Waals surface area (Å²) >= 11 is 1.06. The van der Waals surface area contributed by atoms with Crippen LogP contribution in [-0.2, 0) is 0 Å². The highest BCUT2D eigenvalue weighted by Gasteiger charge is 2.34. The van der Waals surface area contributed by atoms with Crippen LogP contribution in [0.15, 0.2) is 15.9 Å². The minimum atomic E-state index is -1.72. The molecular formula is C12H6F3NO4S. The number of ether oxygens (including phenoxy) is 1. The van der Waals surface area contributed by atoms with E-state index in [1.54, 1.807) is 6.92 Å². The first-order valence-electron chi connectivity index (χ1n) is 5.66. The Labute approximate surface area is 118 Å². The molecule has 1 aliphatic heterocycles. The van der Waals surface area contributed by atoms with Gasteiger partial charge in [-0.05, 0) is 13.0 Å². The van der Waals surface area contributed by atoms with Gasteiger partial charge in [0.25, 0.3) is 0 Å². The van der Waals surface area contributed by atoms with Crippen LogP contribution in [0.1, 0.15) is 12.3 Å². The summed E-state index contributed by atoms with van der Waals surface area (Å²) in [5.74, 6) is -5.24. The van der Waals surface area contributed by atoms with E-state index < -0.39 is 45.7 Å². The maximum atomic E-state index is 13.9. The monoisotopic (exact) mass is 317 g/mol. The molecule has 1 unspecified atom stereocenters. The Hall–Kier alpha value is -2.16. The van der Waals surface area contributed by atoms with Crippen molar-refractivity contribution in [2.75, 3.05) is 0 Å². The van der Waals surface area contributed by atoms with E-state index >= 15 is 0 Å². The van der Waals surface area contributed by atoms with Gasteiger partial charge in [-0.1, -0.05) is 11.8 Å². The molecule has 1 aromatic carbocycles. The van der Waals surface area contributed by atoms with Crippen LogP contribution in [0.3, 0.4) is 0 Å². The molecule has 2 heterocycles. The number of carbonyl (C=O) groups is 1. The van der Waals surface area contributed by atoms with Crippen LogP contribution in [0.25, 0.3) is 10.9 Å². The predicted molar refractivity (Wildman–Crippen MR) is 67.3 cm³/mol. The van der Waals surface area contributed by atoms with Gasteiger partial charge in [0.15, 0.2) is 17.5 Å². The summed E-state index contributed by atoms with van der Waals surface area (Å²) in [6.45, 7) is 1.63. The molecule has 1 N–H and O–H groups in total. The number of pyridine rings is 1. The quantitative estimate of drug-likeness (QED) is 0.646. The molecule has 1 aromatic heterocycles. The Morgan fingerprint density at radius 1 is 1.38 bits per heavy atom.